The minimum absolute atomic E-state index is 0.134. The molecule has 1 heterocycles. The van der Waals surface area contributed by atoms with Gasteiger partial charge < -0.3 is 11.1 Å². The summed E-state index contributed by atoms with van der Waals surface area (Å²) in [6.45, 7) is 0.705. The molecule has 4 nitrogen and oxygen atoms in total. The molecule has 1 aromatic rings. The van der Waals surface area contributed by atoms with Gasteiger partial charge in [-0.2, -0.15) is 0 Å². The number of aromatic nitrogens is 1. The van der Waals surface area contributed by atoms with Gasteiger partial charge in [0.05, 0.1) is 10.7 Å². The lowest BCUT2D eigenvalue weighted by Gasteiger charge is -2.09. The van der Waals surface area contributed by atoms with Crippen LogP contribution in [0.3, 0.4) is 0 Å². The number of hydrogen-bond acceptors (Lipinski definition) is 4. The van der Waals surface area contributed by atoms with Gasteiger partial charge in [-0.1, -0.05) is 0 Å². The van der Waals surface area contributed by atoms with Gasteiger partial charge in [0.2, 0.25) is 5.91 Å². The first-order chi connectivity index (χ1) is 9.72. The maximum absolute atomic E-state index is 12.0. The van der Waals surface area contributed by atoms with E-state index >= 15 is 0 Å². The van der Waals surface area contributed by atoms with Gasteiger partial charge in [-0.05, 0) is 44.9 Å². The minimum Gasteiger partial charge on any atom is -0.355 e. The van der Waals surface area contributed by atoms with E-state index in [4.69, 9.17) is 10.7 Å². The third-order valence-corrected chi connectivity index (χ3v) is 5.59. The van der Waals surface area contributed by atoms with Gasteiger partial charge in [-0.3, -0.25) is 4.79 Å². The van der Waals surface area contributed by atoms with E-state index in [1.807, 2.05) is 11.3 Å². The molecule has 1 saturated carbocycles. The molecule has 3 N–H and O–H groups in total. The van der Waals surface area contributed by atoms with Gasteiger partial charge in [0.1, 0.15) is 0 Å². The predicted molar refractivity (Wildman–Crippen MR) is 80.8 cm³/mol. The smallest absolute Gasteiger partial charge is 0.223 e. The van der Waals surface area contributed by atoms with Crippen LogP contribution < -0.4 is 11.1 Å². The summed E-state index contributed by atoms with van der Waals surface area (Å²) in [5.74, 6) is 0.314. The van der Waals surface area contributed by atoms with Crippen LogP contribution in [0.5, 0.6) is 0 Å². The monoisotopic (exact) mass is 293 g/mol. The quantitative estimate of drug-likeness (QED) is 0.889. The Hall–Kier alpha value is -0.940. The van der Waals surface area contributed by atoms with Gasteiger partial charge in [0.25, 0.3) is 0 Å². The van der Waals surface area contributed by atoms with Crippen molar-refractivity contribution in [2.45, 2.75) is 57.4 Å². The number of nitrogens with zero attached hydrogens (tertiary/aromatic N) is 1. The number of nitrogens with one attached hydrogen (secondary N) is 1. The second-order valence-corrected chi connectivity index (χ2v) is 7.16. The summed E-state index contributed by atoms with van der Waals surface area (Å²) in [6, 6.07) is 0.219. The van der Waals surface area contributed by atoms with Gasteiger partial charge in [0.15, 0.2) is 0 Å². The highest BCUT2D eigenvalue weighted by Gasteiger charge is 2.27. The average Bonchev–Trinajstić information content (AvgIpc) is 3.04. The maximum atomic E-state index is 12.0. The summed E-state index contributed by atoms with van der Waals surface area (Å²) in [6.07, 6.45) is 8.54. The summed E-state index contributed by atoms with van der Waals surface area (Å²) in [4.78, 5) is 18.2. The van der Waals surface area contributed by atoms with E-state index < -0.39 is 0 Å². The molecule has 0 aromatic carbocycles. The van der Waals surface area contributed by atoms with Crippen molar-refractivity contribution >= 4 is 17.2 Å². The normalized spacial score (nSPS) is 25.4. The highest BCUT2D eigenvalue weighted by Crippen LogP contribution is 2.27. The van der Waals surface area contributed by atoms with Crippen molar-refractivity contribution in [2.75, 3.05) is 6.54 Å². The molecule has 5 heteroatoms. The van der Waals surface area contributed by atoms with Crippen molar-refractivity contribution in [3.63, 3.8) is 0 Å². The Kier molecular flexibility index (Phi) is 4.36. The molecule has 0 aliphatic heterocycles. The molecule has 2 aliphatic rings. The van der Waals surface area contributed by atoms with Crippen LogP contribution in [0.15, 0.2) is 0 Å². The third-order valence-electron chi connectivity index (χ3n) is 4.37. The van der Waals surface area contributed by atoms with Crippen LogP contribution in [0.4, 0.5) is 0 Å². The van der Waals surface area contributed by atoms with E-state index in [-0.39, 0.29) is 17.9 Å². The summed E-state index contributed by atoms with van der Waals surface area (Å²) in [5, 5.41) is 4.23. The van der Waals surface area contributed by atoms with Crippen LogP contribution in [-0.4, -0.2) is 23.5 Å². The van der Waals surface area contributed by atoms with Crippen LogP contribution in [-0.2, 0) is 24.1 Å². The maximum Gasteiger partial charge on any atom is 0.223 e. The van der Waals surface area contributed by atoms with Crippen molar-refractivity contribution in [2.24, 2.45) is 11.7 Å². The molecule has 1 amide bonds. The zero-order chi connectivity index (χ0) is 13.9. The number of hydrogen-bond donors (Lipinski definition) is 2. The largest absolute Gasteiger partial charge is 0.355 e. The molecule has 2 aliphatic carbocycles. The van der Waals surface area contributed by atoms with E-state index in [1.54, 1.807) is 0 Å². The lowest BCUT2D eigenvalue weighted by molar-refractivity contribution is -0.124. The van der Waals surface area contributed by atoms with E-state index in [9.17, 15) is 4.79 Å². The summed E-state index contributed by atoms with van der Waals surface area (Å²) in [7, 11) is 0. The number of rotatable bonds is 4. The van der Waals surface area contributed by atoms with Crippen LogP contribution in [0, 0.1) is 5.92 Å². The SMILES string of the molecule is N[C@H]1CC[C@@H](C(=O)NCCc2nc3c(s2)CCCC3)C1. The number of thiazole rings is 1. The number of fused-ring (bicyclic) bond motifs is 1. The van der Waals surface area contributed by atoms with Gasteiger partial charge in [-0.25, -0.2) is 4.98 Å². The standard InChI is InChI=1S/C15H23N3OS/c16-11-6-5-10(9-11)15(19)17-8-7-14-18-12-3-1-2-4-13(12)20-14/h10-11H,1-9,16H2,(H,17,19)/t10-,11+/m1/s1. The second-order valence-electron chi connectivity index (χ2n) is 6.00. The number of aryl methyl sites for hydroxylation is 2. The molecule has 3 rings (SSSR count). The van der Waals surface area contributed by atoms with Gasteiger partial charge >= 0.3 is 0 Å². The molecule has 0 radical (unpaired) electrons. The lowest BCUT2D eigenvalue weighted by atomic mass is 10.0. The van der Waals surface area contributed by atoms with Crippen LogP contribution in [0.1, 0.15) is 47.7 Å². The topological polar surface area (TPSA) is 68.0 Å². The Morgan fingerprint density at radius 2 is 2.20 bits per heavy atom. The lowest BCUT2D eigenvalue weighted by Crippen LogP contribution is -2.31. The number of carbonyl (C=O) groups is 1. The first kappa shape index (κ1) is 14.0. The fourth-order valence-electron chi connectivity index (χ4n) is 3.20. The van der Waals surface area contributed by atoms with E-state index in [2.05, 4.69) is 5.32 Å². The van der Waals surface area contributed by atoms with Crippen molar-refractivity contribution in [1.82, 2.24) is 10.3 Å². The Morgan fingerprint density at radius 1 is 1.35 bits per heavy atom. The molecular formula is C15H23N3OS. The highest BCUT2D eigenvalue weighted by atomic mass is 32.1. The van der Waals surface area contributed by atoms with E-state index in [0.717, 1.165) is 32.1 Å². The summed E-state index contributed by atoms with van der Waals surface area (Å²) in [5.41, 5.74) is 7.16. The van der Waals surface area contributed by atoms with Crippen molar-refractivity contribution < 1.29 is 4.79 Å². The fourth-order valence-corrected chi connectivity index (χ4v) is 4.36. The van der Waals surface area contributed by atoms with Crippen LogP contribution in [0.2, 0.25) is 0 Å². The molecule has 2 atom stereocenters. The summed E-state index contributed by atoms with van der Waals surface area (Å²) < 4.78 is 0. The van der Waals surface area contributed by atoms with Crippen molar-refractivity contribution in [3.05, 3.63) is 15.6 Å². The molecule has 0 bridgehead atoms. The zero-order valence-corrected chi connectivity index (χ0v) is 12.7. The fraction of sp³-hybridized carbons (Fsp3) is 0.733. The third kappa shape index (κ3) is 3.20. The number of nitrogens with two attached hydrogens (primary N) is 1. The van der Waals surface area contributed by atoms with E-state index in [0.29, 0.717) is 6.54 Å². The Labute approximate surface area is 124 Å². The highest BCUT2D eigenvalue weighted by molar-refractivity contribution is 7.11. The van der Waals surface area contributed by atoms with Crippen LogP contribution in [0.25, 0.3) is 0 Å². The van der Waals surface area contributed by atoms with Crippen molar-refractivity contribution in [3.8, 4) is 0 Å². The van der Waals surface area contributed by atoms with Crippen LogP contribution >= 0.6 is 11.3 Å². The first-order valence-corrected chi connectivity index (χ1v) is 8.55. The second kappa shape index (κ2) is 6.22. The Bertz CT molecular complexity index is 462. The molecule has 1 fully saturated rings. The number of carbonyl (C=O) groups excluding carboxylic acids is 1. The van der Waals surface area contributed by atoms with Crippen molar-refractivity contribution in [1.29, 1.82) is 0 Å². The predicted octanol–water partition coefficient (Wildman–Crippen LogP) is 1.81. The molecule has 0 unspecified atom stereocenters. The minimum atomic E-state index is 0.134. The first-order valence-electron chi connectivity index (χ1n) is 7.73. The molecule has 0 saturated heterocycles. The summed E-state index contributed by atoms with van der Waals surface area (Å²) >= 11 is 1.84. The zero-order valence-electron chi connectivity index (χ0n) is 11.9. The molecular weight excluding hydrogens is 270 g/mol. The average molecular weight is 293 g/mol. The van der Waals surface area contributed by atoms with Gasteiger partial charge in [0, 0.05) is 29.8 Å². The Morgan fingerprint density at radius 3 is 2.95 bits per heavy atom. The number of amides is 1. The van der Waals surface area contributed by atoms with Gasteiger partial charge in [-0.15, -0.1) is 11.3 Å². The molecule has 20 heavy (non-hydrogen) atoms. The molecule has 110 valence electrons. The molecule has 1 aromatic heterocycles. The Balaban J connectivity index is 1.45. The van der Waals surface area contributed by atoms with E-state index in [1.165, 1.54) is 34.8 Å². The molecule has 0 spiro atoms.